The van der Waals surface area contributed by atoms with Crippen LogP contribution in [0.4, 0.5) is 0 Å². The van der Waals surface area contributed by atoms with Gasteiger partial charge in [0, 0.05) is 13.2 Å². The fourth-order valence-electron chi connectivity index (χ4n) is 6.54. The van der Waals surface area contributed by atoms with Crippen LogP contribution < -0.4 is 0 Å². The first-order valence-electron chi connectivity index (χ1n) is 23.6. The molecule has 0 N–H and O–H groups in total. The van der Waals surface area contributed by atoms with Crippen LogP contribution in [0.5, 0.6) is 0 Å². The Morgan fingerprint density at radius 1 is 0.438 bits per heavy atom. The molecule has 64 heavy (non-hydrogen) atoms. The number of carbonyl (C=O) groups is 2. The average Bonchev–Trinajstić information content (AvgIpc) is 3.22. The van der Waals surface area contributed by atoms with E-state index in [0.29, 0.717) is 38.3 Å². The smallest absolute Gasteiger partial charge is 0.340 e. The molecule has 0 saturated heterocycles. The second kappa shape index (κ2) is 35.8. The second-order valence-corrected chi connectivity index (χ2v) is 15.9. The zero-order valence-corrected chi connectivity index (χ0v) is 41.7. The van der Waals surface area contributed by atoms with Gasteiger partial charge in [-0.05, 0) is 112 Å². The van der Waals surface area contributed by atoms with Gasteiger partial charge in [0.1, 0.15) is 0 Å². The van der Waals surface area contributed by atoms with E-state index in [0.717, 1.165) is 26.1 Å². The Morgan fingerprint density at radius 2 is 0.750 bits per heavy atom. The Kier molecular flexibility index (Phi) is 33.4. The lowest BCUT2D eigenvalue weighted by Crippen LogP contribution is -2.32. The maximum Gasteiger partial charge on any atom is 0.340 e. The second-order valence-electron chi connectivity index (χ2n) is 15.9. The molecule has 0 heterocycles. The highest BCUT2D eigenvalue weighted by Crippen LogP contribution is 2.17. The molecule has 0 aliphatic carbocycles. The first kappa shape index (κ1) is 59.7. The third kappa shape index (κ3) is 29.3. The van der Waals surface area contributed by atoms with Crippen LogP contribution in [0.2, 0.25) is 0 Å². The van der Waals surface area contributed by atoms with E-state index in [4.69, 9.17) is 66.3 Å². The van der Waals surface area contributed by atoms with Gasteiger partial charge in [0.05, 0.1) is 37.6 Å². The van der Waals surface area contributed by atoms with Crippen LogP contribution in [-0.2, 0) is 66.3 Å². The van der Waals surface area contributed by atoms with Crippen molar-refractivity contribution in [2.75, 3.05) is 39.6 Å². The van der Waals surface area contributed by atoms with Crippen LogP contribution >= 0.6 is 0 Å². The average molecular weight is 919 g/mol. The standard InChI is InChI=1S/C48H86O16/c1-15-19-22-43(17-3)31-51-26-28-53-33(5)55-35(7)57-37(9)59-39(11)61-41(13)63-47(49)45-24-21-25-46(30-45)48(50)64-42(14)62-40(12)60-38(10)58-36(8)56-34(6)54-29-27-52-32-44(18-4)23-20-16-2/h21,24-25,30,33-44H,15-20,22-23,26-29,31-32H2,1-14H3. The lowest BCUT2D eigenvalue weighted by Gasteiger charge is -2.26. The number of benzene rings is 1. The van der Waals surface area contributed by atoms with Gasteiger partial charge in [0.2, 0.25) is 12.6 Å². The van der Waals surface area contributed by atoms with Gasteiger partial charge in [0.15, 0.2) is 50.3 Å². The molecule has 12 atom stereocenters. The zero-order valence-electron chi connectivity index (χ0n) is 41.7. The van der Waals surface area contributed by atoms with Crippen molar-refractivity contribution in [3.63, 3.8) is 0 Å². The topological polar surface area (TPSA) is 163 Å². The van der Waals surface area contributed by atoms with Gasteiger partial charge in [-0.3, -0.25) is 0 Å². The molecule has 0 aliphatic heterocycles. The van der Waals surface area contributed by atoms with Crippen molar-refractivity contribution in [2.45, 2.75) is 211 Å². The van der Waals surface area contributed by atoms with Gasteiger partial charge in [-0.2, -0.15) is 0 Å². The van der Waals surface area contributed by atoms with Crippen LogP contribution in [-0.4, -0.2) is 114 Å². The molecule has 0 amide bonds. The summed E-state index contributed by atoms with van der Waals surface area (Å²) in [5, 5.41) is 0. The third-order valence-electron chi connectivity index (χ3n) is 9.90. The predicted octanol–water partition coefficient (Wildman–Crippen LogP) is 10.1. The Hall–Kier alpha value is -2.32. The number of carbonyl (C=O) groups excluding carboxylic acids is 2. The number of ether oxygens (including phenoxy) is 14. The zero-order chi connectivity index (χ0) is 47.9. The summed E-state index contributed by atoms with van der Waals surface area (Å²) in [6, 6.07) is 5.93. The summed E-state index contributed by atoms with van der Waals surface area (Å²) in [6.45, 7) is 28.9. The van der Waals surface area contributed by atoms with Gasteiger partial charge in [-0.1, -0.05) is 72.3 Å². The number of rotatable bonds is 40. The Bertz CT molecular complexity index is 1230. The molecule has 0 spiro atoms. The summed E-state index contributed by atoms with van der Waals surface area (Å²) < 4.78 is 79.9. The van der Waals surface area contributed by atoms with Gasteiger partial charge in [-0.15, -0.1) is 0 Å². The lowest BCUT2D eigenvalue weighted by atomic mass is 10.0. The quantitative estimate of drug-likeness (QED) is 0.0347. The Balaban J connectivity index is 2.39. The molecule has 16 heteroatoms. The van der Waals surface area contributed by atoms with E-state index >= 15 is 0 Å². The fourth-order valence-corrected chi connectivity index (χ4v) is 6.54. The minimum atomic E-state index is -0.995. The SMILES string of the molecule is CCCCC(CC)COCCOC(C)OC(C)OC(C)OC(C)OC(C)OC(=O)c1cccc(C(=O)OC(C)OC(C)OC(C)OC(C)OC(C)OCCOCC(CC)CCCC)c1. The number of unbranched alkanes of at least 4 members (excludes halogenated alkanes) is 2. The maximum absolute atomic E-state index is 13.0. The van der Waals surface area contributed by atoms with E-state index in [1.807, 2.05) is 0 Å². The van der Waals surface area contributed by atoms with Gasteiger partial charge in [0.25, 0.3) is 0 Å². The predicted molar refractivity (Wildman–Crippen MR) is 241 cm³/mol. The molecule has 16 nitrogen and oxygen atoms in total. The Labute approximate surface area is 385 Å². The minimum absolute atomic E-state index is 0.115. The van der Waals surface area contributed by atoms with Crippen molar-refractivity contribution < 1.29 is 75.9 Å². The van der Waals surface area contributed by atoms with Crippen molar-refractivity contribution in [3.05, 3.63) is 35.4 Å². The van der Waals surface area contributed by atoms with Gasteiger partial charge < -0.3 is 66.3 Å². The molecule has 0 aliphatic rings. The molecule has 0 radical (unpaired) electrons. The molecule has 0 fully saturated rings. The number of hydrogen-bond acceptors (Lipinski definition) is 16. The monoisotopic (exact) mass is 919 g/mol. The first-order chi connectivity index (χ1) is 30.5. The van der Waals surface area contributed by atoms with Crippen LogP contribution in [0.15, 0.2) is 24.3 Å². The fraction of sp³-hybridized carbons (Fsp3) is 0.833. The van der Waals surface area contributed by atoms with Crippen molar-refractivity contribution in [2.24, 2.45) is 11.8 Å². The van der Waals surface area contributed by atoms with Crippen LogP contribution in [0.25, 0.3) is 0 Å². The molecule has 1 aromatic carbocycles. The molecule has 0 aromatic heterocycles. The normalized spacial score (nSPS) is 17.6. The van der Waals surface area contributed by atoms with Crippen LogP contribution in [0, 0.1) is 11.8 Å². The van der Waals surface area contributed by atoms with Crippen LogP contribution in [0.1, 0.15) is 169 Å². The van der Waals surface area contributed by atoms with E-state index in [2.05, 4.69) is 27.7 Å². The van der Waals surface area contributed by atoms with Crippen molar-refractivity contribution >= 4 is 11.9 Å². The van der Waals surface area contributed by atoms with E-state index in [9.17, 15) is 9.59 Å². The molecule has 374 valence electrons. The van der Waals surface area contributed by atoms with Crippen molar-refractivity contribution in [3.8, 4) is 0 Å². The van der Waals surface area contributed by atoms with E-state index in [-0.39, 0.29) is 11.1 Å². The molecule has 0 bridgehead atoms. The van der Waals surface area contributed by atoms with Gasteiger partial charge in [-0.25, -0.2) is 9.59 Å². The lowest BCUT2D eigenvalue weighted by molar-refractivity contribution is -0.319. The van der Waals surface area contributed by atoms with Crippen molar-refractivity contribution in [1.82, 2.24) is 0 Å². The summed E-state index contributed by atoms with van der Waals surface area (Å²) in [7, 11) is 0. The number of hydrogen-bond donors (Lipinski definition) is 0. The molecular weight excluding hydrogens is 833 g/mol. The maximum atomic E-state index is 13.0. The summed E-state index contributed by atoms with van der Waals surface area (Å²) in [5.74, 6) is -0.276. The van der Waals surface area contributed by atoms with E-state index < -0.39 is 74.8 Å². The van der Waals surface area contributed by atoms with Gasteiger partial charge >= 0.3 is 11.9 Å². The summed E-state index contributed by atoms with van der Waals surface area (Å²) in [5.41, 5.74) is 0.231. The highest BCUT2D eigenvalue weighted by molar-refractivity contribution is 5.95. The highest BCUT2D eigenvalue weighted by Gasteiger charge is 2.23. The van der Waals surface area contributed by atoms with Crippen LogP contribution in [0.3, 0.4) is 0 Å². The number of esters is 2. The molecular formula is C48H86O16. The molecule has 1 aromatic rings. The minimum Gasteiger partial charge on any atom is -0.432 e. The van der Waals surface area contributed by atoms with E-state index in [1.165, 1.54) is 56.7 Å². The van der Waals surface area contributed by atoms with E-state index in [1.54, 1.807) is 75.3 Å². The summed E-state index contributed by atoms with van der Waals surface area (Å²) in [6.07, 6.45) is 2.04. The van der Waals surface area contributed by atoms with Crippen molar-refractivity contribution in [1.29, 1.82) is 0 Å². The summed E-state index contributed by atoms with van der Waals surface area (Å²) >= 11 is 0. The molecule has 0 saturated carbocycles. The highest BCUT2D eigenvalue weighted by atomic mass is 16.8. The molecule has 12 unspecified atom stereocenters. The summed E-state index contributed by atoms with van der Waals surface area (Å²) in [4.78, 5) is 26.0. The Morgan fingerprint density at radius 3 is 1.06 bits per heavy atom. The largest absolute Gasteiger partial charge is 0.432 e. The first-order valence-corrected chi connectivity index (χ1v) is 23.6. The third-order valence-corrected chi connectivity index (χ3v) is 9.90. The molecule has 1 rings (SSSR count).